The van der Waals surface area contributed by atoms with E-state index in [-0.39, 0.29) is 4.90 Å². The van der Waals surface area contributed by atoms with Crippen LogP contribution in [0.3, 0.4) is 0 Å². The zero-order valence-electron chi connectivity index (χ0n) is 10.0. The lowest BCUT2D eigenvalue weighted by molar-refractivity contribution is 0.601. The summed E-state index contributed by atoms with van der Waals surface area (Å²) in [5.41, 5.74) is 1.33. The van der Waals surface area contributed by atoms with Gasteiger partial charge in [-0.15, -0.1) is 0 Å². The number of hydrogen-bond acceptors (Lipinski definition) is 2. The fourth-order valence-electron chi connectivity index (χ4n) is 1.53. The Hall–Kier alpha value is -1.04. The third kappa shape index (κ3) is 3.29. The Kier molecular flexibility index (Phi) is 4.18. The number of halogens is 2. The highest BCUT2D eigenvalue weighted by Crippen LogP contribution is 2.25. The summed E-state index contributed by atoms with van der Waals surface area (Å²) in [5, 5.41) is 0.521. The van der Waals surface area contributed by atoms with Crippen LogP contribution in [0.15, 0.2) is 51.8 Å². The van der Waals surface area contributed by atoms with Gasteiger partial charge in [0.25, 0.3) is 10.0 Å². The van der Waals surface area contributed by atoms with Crippen LogP contribution in [-0.2, 0) is 10.0 Å². The Bertz CT molecular complexity index is 716. The van der Waals surface area contributed by atoms with Crippen LogP contribution in [0, 0.1) is 6.92 Å². The van der Waals surface area contributed by atoms with Crippen LogP contribution in [0.25, 0.3) is 0 Å². The maximum Gasteiger partial charge on any atom is 0.263 e. The maximum absolute atomic E-state index is 12.2. The normalized spacial score (nSPS) is 11.3. The standard InChI is InChI=1S/C13H11BrClNO2S/c1-9-6-7-10(8-12(9)15)16-19(17,18)13-5-3-2-4-11(13)14/h2-8,16H,1H3. The number of sulfonamides is 1. The molecule has 0 fully saturated rings. The van der Waals surface area contributed by atoms with Crippen LogP contribution in [-0.4, -0.2) is 8.42 Å². The van der Waals surface area contributed by atoms with Gasteiger partial charge in [0.1, 0.15) is 4.90 Å². The molecule has 2 rings (SSSR count). The maximum atomic E-state index is 12.2. The molecule has 0 saturated heterocycles. The van der Waals surface area contributed by atoms with Crippen molar-refractivity contribution in [1.82, 2.24) is 0 Å². The smallest absolute Gasteiger partial charge is 0.263 e. The second-order valence-corrected chi connectivity index (χ2v) is 6.91. The first kappa shape index (κ1) is 14.4. The topological polar surface area (TPSA) is 46.2 Å². The van der Waals surface area contributed by atoms with E-state index in [4.69, 9.17) is 11.6 Å². The minimum absolute atomic E-state index is 0.187. The Morgan fingerprint density at radius 2 is 1.84 bits per heavy atom. The molecule has 100 valence electrons. The van der Waals surface area contributed by atoms with Crippen molar-refractivity contribution in [2.75, 3.05) is 4.72 Å². The number of anilines is 1. The minimum atomic E-state index is -3.63. The molecule has 0 aliphatic rings. The van der Waals surface area contributed by atoms with Gasteiger partial charge >= 0.3 is 0 Å². The average Bonchev–Trinajstić information content (AvgIpc) is 2.34. The molecule has 2 aromatic carbocycles. The van der Waals surface area contributed by atoms with Gasteiger partial charge in [0, 0.05) is 9.50 Å². The lowest BCUT2D eigenvalue weighted by Gasteiger charge is -2.10. The van der Waals surface area contributed by atoms with Gasteiger partial charge in [-0.2, -0.15) is 0 Å². The molecule has 0 atom stereocenters. The van der Waals surface area contributed by atoms with E-state index in [2.05, 4.69) is 20.7 Å². The molecular formula is C13H11BrClNO2S. The van der Waals surface area contributed by atoms with Crippen LogP contribution in [0.2, 0.25) is 5.02 Å². The Morgan fingerprint density at radius 3 is 2.47 bits per heavy atom. The highest BCUT2D eigenvalue weighted by molar-refractivity contribution is 9.10. The predicted molar refractivity (Wildman–Crippen MR) is 81.1 cm³/mol. The Morgan fingerprint density at radius 1 is 1.16 bits per heavy atom. The summed E-state index contributed by atoms with van der Waals surface area (Å²) in [6.07, 6.45) is 0. The molecule has 3 nitrogen and oxygen atoms in total. The molecule has 0 aromatic heterocycles. The SMILES string of the molecule is Cc1ccc(NS(=O)(=O)c2ccccc2Br)cc1Cl. The van der Waals surface area contributed by atoms with E-state index < -0.39 is 10.0 Å². The van der Waals surface area contributed by atoms with Crippen molar-refractivity contribution in [1.29, 1.82) is 0 Å². The molecule has 0 aliphatic carbocycles. The van der Waals surface area contributed by atoms with Crippen molar-refractivity contribution in [2.45, 2.75) is 11.8 Å². The summed E-state index contributed by atoms with van der Waals surface area (Å²) in [6, 6.07) is 11.7. The van der Waals surface area contributed by atoms with Crippen molar-refractivity contribution in [2.24, 2.45) is 0 Å². The molecule has 0 aliphatic heterocycles. The van der Waals surface area contributed by atoms with Crippen LogP contribution in [0.1, 0.15) is 5.56 Å². The van der Waals surface area contributed by atoms with Crippen molar-refractivity contribution >= 4 is 43.2 Å². The van der Waals surface area contributed by atoms with Gasteiger partial charge in [-0.3, -0.25) is 4.72 Å². The number of hydrogen-bond donors (Lipinski definition) is 1. The fraction of sp³-hybridized carbons (Fsp3) is 0.0769. The summed E-state index contributed by atoms with van der Waals surface area (Å²) < 4.78 is 27.5. The molecule has 0 radical (unpaired) electrons. The quantitative estimate of drug-likeness (QED) is 0.891. The first-order valence-corrected chi connectivity index (χ1v) is 8.09. The lowest BCUT2D eigenvalue weighted by atomic mass is 10.2. The molecular weight excluding hydrogens is 350 g/mol. The molecule has 2 aromatic rings. The monoisotopic (exact) mass is 359 g/mol. The molecule has 0 spiro atoms. The van der Waals surface area contributed by atoms with Gasteiger partial charge < -0.3 is 0 Å². The summed E-state index contributed by atoms with van der Waals surface area (Å²) >= 11 is 9.20. The van der Waals surface area contributed by atoms with E-state index in [1.165, 1.54) is 6.07 Å². The van der Waals surface area contributed by atoms with Crippen LogP contribution < -0.4 is 4.72 Å². The number of nitrogens with one attached hydrogen (secondary N) is 1. The van der Waals surface area contributed by atoms with Gasteiger partial charge in [0.05, 0.1) is 5.69 Å². The third-order valence-corrected chi connectivity index (χ3v) is 5.35. The van der Waals surface area contributed by atoms with Gasteiger partial charge in [-0.1, -0.05) is 29.8 Å². The zero-order chi connectivity index (χ0) is 14.0. The lowest BCUT2D eigenvalue weighted by Crippen LogP contribution is -2.13. The zero-order valence-corrected chi connectivity index (χ0v) is 13.2. The van der Waals surface area contributed by atoms with Gasteiger partial charge in [0.2, 0.25) is 0 Å². The van der Waals surface area contributed by atoms with Crippen LogP contribution >= 0.6 is 27.5 Å². The molecule has 0 bridgehead atoms. The van der Waals surface area contributed by atoms with E-state index in [0.29, 0.717) is 15.2 Å². The number of benzene rings is 2. The average molecular weight is 361 g/mol. The van der Waals surface area contributed by atoms with E-state index in [9.17, 15) is 8.42 Å². The minimum Gasteiger partial charge on any atom is -0.280 e. The number of rotatable bonds is 3. The summed E-state index contributed by atoms with van der Waals surface area (Å²) in [6.45, 7) is 1.86. The van der Waals surface area contributed by atoms with E-state index in [1.807, 2.05) is 6.92 Å². The second-order valence-electron chi connectivity index (χ2n) is 4.00. The fourth-order valence-corrected chi connectivity index (χ4v) is 3.76. The molecule has 0 saturated carbocycles. The second kappa shape index (κ2) is 5.53. The first-order chi connectivity index (χ1) is 8.90. The van der Waals surface area contributed by atoms with E-state index >= 15 is 0 Å². The highest BCUT2D eigenvalue weighted by atomic mass is 79.9. The first-order valence-electron chi connectivity index (χ1n) is 5.43. The van der Waals surface area contributed by atoms with Gasteiger partial charge in [0.15, 0.2) is 0 Å². The summed E-state index contributed by atoms with van der Waals surface area (Å²) in [7, 11) is -3.63. The molecule has 6 heteroatoms. The molecule has 0 amide bonds. The molecule has 19 heavy (non-hydrogen) atoms. The number of aryl methyl sites for hydroxylation is 1. The molecule has 1 N–H and O–H groups in total. The van der Waals surface area contributed by atoms with Crippen molar-refractivity contribution in [3.63, 3.8) is 0 Å². The van der Waals surface area contributed by atoms with Crippen molar-refractivity contribution in [3.05, 3.63) is 57.5 Å². The van der Waals surface area contributed by atoms with Crippen molar-refractivity contribution < 1.29 is 8.42 Å². The largest absolute Gasteiger partial charge is 0.280 e. The Labute approximate surface area is 125 Å². The Balaban J connectivity index is 2.37. The highest BCUT2D eigenvalue weighted by Gasteiger charge is 2.17. The molecule has 0 unspecified atom stereocenters. The van der Waals surface area contributed by atoms with Gasteiger partial charge in [-0.25, -0.2) is 8.42 Å². The molecule has 0 heterocycles. The third-order valence-electron chi connectivity index (χ3n) is 2.55. The predicted octanol–water partition coefficient (Wildman–Crippen LogP) is 4.21. The van der Waals surface area contributed by atoms with Crippen LogP contribution in [0.4, 0.5) is 5.69 Å². The van der Waals surface area contributed by atoms with E-state index in [1.54, 1.807) is 36.4 Å². The summed E-state index contributed by atoms with van der Waals surface area (Å²) in [4.78, 5) is 0.187. The van der Waals surface area contributed by atoms with Crippen molar-refractivity contribution in [3.8, 4) is 0 Å². The summed E-state index contributed by atoms with van der Waals surface area (Å²) in [5.74, 6) is 0. The van der Waals surface area contributed by atoms with E-state index in [0.717, 1.165) is 5.56 Å². The van der Waals surface area contributed by atoms with Crippen LogP contribution in [0.5, 0.6) is 0 Å². The van der Waals surface area contributed by atoms with Gasteiger partial charge in [-0.05, 0) is 52.7 Å².